The van der Waals surface area contributed by atoms with E-state index in [1.165, 1.54) is 0 Å². The number of anilines is 1. The van der Waals surface area contributed by atoms with Crippen LogP contribution in [0.4, 0.5) is 5.69 Å². The molecule has 3 unspecified atom stereocenters. The minimum Gasteiger partial charge on any atom is -0.477 e. The zero-order chi connectivity index (χ0) is 24.9. The molecular weight excluding hydrogens is 442 g/mol. The van der Waals surface area contributed by atoms with Gasteiger partial charge in [-0.1, -0.05) is 38.1 Å². The molecule has 1 fully saturated rings. The Bertz CT molecular complexity index is 1010. The van der Waals surface area contributed by atoms with Crippen LogP contribution in [0.25, 0.3) is 0 Å². The Morgan fingerprint density at radius 2 is 1.63 bits per heavy atom. The molecule has 35 heavy (non-hydrogen) atoms. The van der Waals surface area contributed by atoms with Gasteiger partial charge in [-0.15, -0.1) is 0 Å². The molecule has 0 aromatic heterocycles. The minimum atomic E-state index is -0.751. The van der Waals surface area contributed by atoms with Crippen LogP contribution in [-0.2, 0) is 16.1 Å². The molecule has 2 aromatic carbocycles. The van der Waals surface area contributed by atoms with Crippen molar-refractivity contribution in [1.82, 2.24) is 10.2 Å². The van der Waals surface area contributed by atoms with Gasteiger partial charge in [0.1, 0.15) is 5.75 Å². The molecule has 2 aliphatic rings. The summed E-state index contributed by atoms with van der Waals surface area (Å²) in [5.41, 5.74) is 2.44. The van der Waals surface area contributed by atoms with E-state index in [9.17, 15) is 9.59 Å². The van der Waals surface area contributed by atoms with E-state index in [-0.39, 0.29) is 36.6 Å². The minimum absolute atomic E-state index is 0.0948. The van der Waals surface area contributed by atoms with Crippen molar-refractivity contribution in [3.05, 3.63) is 59.7 Å². The van der Waals surface area contributed by atoms with Gasteiger partial charge in [0.2, 0.25) is 0 Å². The number of rotatable bonds is 7. The molecule has 0 aliphatic carbocycles. The van der Waals surface area contributed by atoms with E-state index >= 15 is 0 Å². The summed E-state index contributed by atoms with van der Waals surface area (Å²) in [5, 5.41) is 3.05. The lowest BCUT2D eigenvalue weighted by Crippen LogP contribution is -2.52. The summed E-state index contributed by atoms with van der Waals surface area (Å²) < 4.78 is 11.8. The van der Waals surface area contributed by atoms with Crippen LogP contribution in [0, 0.1) is 0 Å². The molecule has 7 nitrogen and oxygen atoms in total. The number of carbonyl (C=O) groups excluding carboxylic acids is 2. The summed E-state index contributed by atoms with van der Waals surface area (Å²) in [6.45, 7) is 11.1. The van der Waals surface area contributed by atoms with E-state index in [4.69, 9.17) is 9.47 Å². The predicted molar refractivity (Wildman–Crippen MR) is 137 cm³/mol. The van der Waals surface area contributed by atoms with E-state index in [1.807, 2.05) is 56.3 Å². The number of carbonyl (C=O) groups is 2. The Hall–Kier alpha value is -2.90. The van der Waals surface area contributed by atoms with Gasteiger partial charge in [0.15, 0.2) is 6.10 Å². The second kappa shape index (κ2) is 11.2. The van der Waals surface area contributed by atoms with Gasteiger partial charge in [-0.25, -0.2) is 0 Å². The molecular formula is C28H37N3O4. The number of morpholine rings is 1. The van der Waals surface area contributed by atoms with Gasteiger partial charge in [0.25, 0.3) is 11.8 Å². The zero-order valence-electron chi connectivity index (χ0n) is 21.2. The average molecular weight is 480 g/mol. The van der Waals surface area contributed by atoms with Crippen molar-refractivity contribution in [2.75, 3.05) is 24.5 Å². The normalized spacial score (nSPS) is 22.4. The van der Waals surface area contributed by atoms with Gasteiger partial charge < -0.3 is 19.7 Å². The fourth-order valence-electron chi connectivity index (χ4n) is 4.93. The van der Waals surface area contributed by atoms with Crippen LogP contribution >= 0.6 is 0 Å². The van der Waals surface area contributed by atoms with Crippen molar-refractivity contribution in [2.45, 2.75) is 71.4 Å². The number of nitrogens with zero attached hydrogens (tertiary/aromatic N) is 2. The SMILES string of the molecule is CCC(CC)NC(=O)C1CN(C(=O)c2ccc(CN3CC(C)OC(C)C3)cc2)c2ccccc2O1. The summed E-state index contributed by atoms with van der Waals surface area (Å²) in [7, 11) is 0. The van der Waals surface area contributed by atoms with Crippen LogP contribution in [0.3, 0.4) is 0 Å². The topological polar surface area (TPSA) is 71.1 Å². The fraction of sp³-hybridized carbons (Fsp3) is 0.500. The largest absolute Gasteiger partial charge is 0.477 e. The molecule has 4 rings (SSSR count). The highest BCUT2D eigenvalue weighted by molar-refractivity contribution is 6.07. The summed E-state index contributed by atoms with van der Waals surface area (Å²) in [5.74, 6) is 0.223. The van der Waals surface area contributed by atoms with Crippen molar-refractivity contribution in [3.8, 4) is 5.75 Å². The molecule has 0 radical (unpaired) electrons. The van der Waals surface area contributed by atoms with E-state index in [0.717, 1.165) is 38.0 Å². The number of hydrogen-bond donors (Lipinski definition) is 1. The highest BCUT2D eigenvalue weighted by Crippen LogP contribution is 2.34. The number of benzene rings is 2. The molecule has 0 saturated carbocycles. The summed E-state index contributed by atoms with van der Waals surface area (Å²) in [4.78, 5) is 30.5. The lowest BCUT2D eigenvalue weighted by Gasteiger charge is -2.35. The summed E-state index contributed by atoms with van der Waals surface area (Å²) >= 11 is 0. The van der Waals surface area contributed by atoms with E-state index in [0.29, 0.717) is 17.0 Å². The monoisotopic (exact) mass is 479 g/mol. The van der Waals surface area contributed by atoms with Gasteiger partial charge in [-0.05, 0) is 56.5 Å². The van der Waals surface area contributed by atoms with Crippen molar-refractivity contribution in [2.24, 2.45) is 0 Å². The molecule has 2 heterocycles. The Morgan fingerprint density at radius 3 is 2.29 bits per heavy atom. The predicted octanol–water partition coefficient (Wildman–Crippen LogP) is 4.01. The lowest BCUT2D eigenvalue weighted by molar-refractivity contribution is -0.128. The molecule has 2 aliphatic heterocycles. The van der Waals surface area contributed by atoms with Gasteiger partial charge in [-0.3, -0.25) is 14.5 Å². The maximum absolute atomic E-state index is 13.6. The first-order valence-electron chi connectivity index (χ1n) is 12.7. The molecule has 3 atom stereocenters. The molecule has 7 heteroatoms. The van der Waals surface area contributed by atoms with Gasteiger partial charge in [-0.2, -0.15) is 0 Å². The van der Waals surface area contributed by atoms with Crippen molar-refractivity contribution in [1.29, 1.82) is 0 Å². The first kappa shape index (κ1) is 25.2. The Balaban J connectivity index is 1.48. The molecule has 2 aromatic rings. The van der Waals surface area contributed by atoms with Crippen LogP contribution in [0.1, 0.15) is 56.5 Å². The van der Waals surface area contributed by atoms with Crippen molar-refractivity contribution >= 4 is 17.5 Å². The average Bonchev–Trinajstić information content (AvgIpc) is 2.86. The Labute approximate surface area is 208 Å². The van der Waals surface area contributed by atoms with Crippen LogP contribution in [-0.4, -0.2) is 60.7 Å². The first-order chi connectivity index (χ1) is 16.9. The lowest BCUT2D eigenvalue weighted by atomic mass is 10.1. The maximum Gasteiger partial charge on any atom is 0.263 e. The smallest absolute Gasteiger partial charge is 0.263 e. The zero-order valence-corrected chi connectivity index (χ0v) is 21.2. The Morgan fingerprint density at radius 1 is 0.971 bits per heavy atom. The number of nitrogens with one attached hydrogen (secondary N) is 1. The standard InChI is InChI=1S/C28H37N3O4/c1-5-23(6-2)29-27(32)26-18-31(24-9-7-8-10-25(24)35-26)28(33)22-13-11-21(12-14-22)17-30-15-19(3)34-20(4)16-30/h7-14,19-20,23,26H,5-6,15-18H2,1-4H3,(H,29,32). The maximum atomic E-state index is 13.6. The molecule has 1 saturated heterocycles. The van der Waals surface area contributed by atoms with Crippen molar-refractivity contribution < 1.29 is 19.1 Å². The number of amides is 2. The van der Waals surface area contributed by atoms with Crippen LogP contribution in [0.5, 0.6) is 5.75 Å². The first-order valence-corrected chi connectivity index (χ1v) is 12.7. The molecule has 1 N–H and O–H groups in total. The second-order valence-corrected chi connectivity index (χ2v) is 9.66. The number of fused-ring (bicyclic) bond motifs is 1. The molecule has 2 amide bonds. The summed E-state index contributed by atoms with van der Waals surface area (Å²) in [6, 6.07) is 15.3. The van der Waals surface area contributed by atoms with E-state index in [2.05, 4.69) is 24.1 Å². The fourth-order valence-corrected chi connectivity index (χ4v) is 4.93. The van der Waals surface area contributed by atoms with Crippen LogP contribution in [0.2, 0.25) is 0 Å². The molecule has 0 bridgehead atoms. The second-order valence-electron chi connectivity index (χ2n) is 9.66. The summed E-state index contributed by atoms with van der Waals surface area (Å²) in [6.07, 6.45) is 1.39. The third kappa shape index (κ3) is 6.03. The van der Waals surface area contributed by atoms with E-state index < -0.39 is 6.10 Å². The van der Waals surface area contributed by atoms with Crippen LogP contribution in [0.15, 0.2) is 48.5 Å². The number of para-hydroxylation sites is 2. The van der Waals surface area contributed by atoms with Gasteiger partial charge >= 0.3 is 0 Å². The number of hydrogen-bond acceptors (Lipinski definition) is 5. The number of ether oxygens (including phenoxy) is 2. The third-order valence-corrected chi connectivity index (χ3v) is 6.75. The Kier molecular flexibility index (Phi) is 8.08. The molecule has 0 spiro atoms. The van der Waals surface area contributed by atoms with Gasteiger partial charge in [0.05, 0.1) is 24.4 Å². The van der Waals surface area contributed by atoms with Crippen LogP contribution < -0.4 is 15.0 Å². The highest BCUT2D eigenvalue weighted by Gasteiger charge is 2.34. The van der Waals surface area contributed by atoms with Gasteiger partial charge in [0, 0.05) is 31.2 Å². The van der Waals surface area contributed by atoms with E-state index in [1.54, 1.807) is 11.0 Å². The highest BCUT2D eigenvalue weighted by atomic mass is 16.5. The van der Waals surface area contributed by atoms with Crippen molar-refractivity contribution in [3.63, 3.8) is 0 Å². The quantitative estimate of drug-likeness (QED) is 0.650. The molecule has 188 valence electrons. The third-order valence-electron chi connectivity index (χ3n) is 6.75.